The predicted molar refractivity (Wildman–Crippen MR) is 72.8 cm³/mol. The minimum absolute atomic E-state index is 0.466. The molecule has 0 spiro atoms. The maximum atomic E-state index is 6.11. The van der Waals surface area contributed by atoms with E-state index in [9.17, 15) is 0 Å². The molecule has 0 saturated heterocycles. The zero-order valence-electron chi connectivity index (χ0n) is 11.1. The molecule has 0 saturated carbocycles. The van der Waals surface area contributed by atoms with E-state index in [0.29, 0.717) is 5.92 Å². The number of aromatic nitrogens is 1. The van der Waals surface area contributed by atoms with Crippen molar-refractivity contribution in [3.05, 3.63) is 22.9 Å². The summed E-state index contributed by atoms with van der Waals surface area (Å²) < 4.78 is 5.44. The van der Waals surface area contributed by atoms with Gasteiger partial charge in [0.1, 0.15) is 0 Å². The molecule has 92 valence electrons. The lowest BCUT2D eigenvalue weighted by Gasteiger charge is -2.12. The van der Waals surface area contributed by atoms with Crippen LogP contribution in [0.1, 0.15) is 36.6 Å². The summed E-state index contributed by atoms with van der Waals surface area (Å²) in [5.41, 5.74) is 11.5. The van der Waals surface area contributed by atoms with Crippen molar-refractivity contribution < 1.29 is 4.74 Å². The molecule has 1 heterocycles. The monoisotopic (exact) mass is 232 g/mol. The molecule has 0 aliphatic carbocycles. The highest BCUT2D eigenvalue weighted by atomic mass is 16.5. The minimum atomic E-state index is 0.466. The van der Waals surface area contributed by atoms with Crippen molar-refractivity contribution >= 4 is 16.6 Å². The summed E-state index contributed by atoms with van der Waals surface area (Å²) in [5, 5.41) is 1.08. The third-order valence-corrected chi connectivity index (χ3v) is 3.50. The van der Waals surface area contributed by atoms with Crippen LogP contribution >= 0.6 is 0 Å². The molecule has 2 rings (SSSR count). The number of methoxy groups -OCH3 is 1. The maximum absolute atomic E-state index is 6.11. The Bertz CT molecular complexity index is 567. The minimum Gasteiger partial charge on any atom is -0.494 e. The van der Waals surface area contributed by atoms with Gasteiger partial charge in [-0.3, -0.25) is 0 Å². The number of hydrogen-bond acceptors (Lipinski definition) is 2. The molecular formula is C14H20N2O. The van der Waals surface area contributed by atoms with Gasteiger partial charge < -0.3 is 15.5 Å². The Morgan fingerprint density at radius 2 is 1.88 bits per heavy atom. The van der Waals surface area contributed by atoms with Crippen molar-refractivity contribution in [2.45, 2.75) is 33.6 Å². The van der Waals surface area contributed by atoms with Gasteiger partial charge in [0, 0.05) is 11.1 Å². The van der Waals surface area contributed by atoms with E-state index in [1.165, 1.54) is 11.3 Å². The smallest absolute Gasteiger partial charge is 0.151 e. The molecule has 2 aromatic rings. The summed E-state index contributed by atoms with van der Waals surface area (Å²) in [5.74, 6) is 1.25. The summed E-state index contributed by atoms with van der Waals surface area (Å²) in [6.45, 7) is 8.46. The fraction of sp³-hybridized carbons (Fsp3) is 0.429. The van der Waals surface area contributed by atoms with Crippen LogP contribution in [0, 0.1) is 13.8 Å². The van der Waals surface area contributed by atoms with Crippen molar-refractivity contribution in [1.82, 2.24) is 4.98 Å². The third-order valence-electron chi connectivity index (χ3n) is 3.50. The molecule has 3 nitrogen and oxygen atoms in total. The second-order valence-corrected chi connectivity index (χ2v) is 4.86. The number of nitrogens with two attached hydrogens (primary N) is 1. The lowest BCUT2D eigenvalue weighted by molar-refractivity contribution is 0.421. The molecule has 17 heavy (non-hydrogen) atoms. The van der Waals surface area contributed by atoms with Crippen LogP contribution in [-0.4, -0.2) is 12.1 Å². The highest BCUT2D eigenvalue weighted by molar-refractivity contribution is 5.95. The summed E-state index contributed by atoms with van der Waals surface area (Å²) in [6.07, 6.45) is 0. The second-order valence-electron chi connectivity index (χ2n) is 4.86. The molecule has 0 unspecified atom stereocenters. The average molecular weight is 232 g/mol. The molecule has 0 aliphatic heterocycles. The Labute approximate surface area is 102 Å². The summed E-state index contributed by atoms with van der Waals surface area (Å²) in [4.78, 5) is 3.47. The number of aryl methyl sites for hydroxylation is 1. The molecule has 0 fully saturated rings. The Morgan fingerprint density at radius 1 is 1.24 bits per heavy atom. The molecule has 0 atom stereocenters. The first-order valence-corrected chi connectivity index (χ1v) is 5.92. The number of rotatable bonds is 2. The molecule has 0 bridgehead atoms. The van der Waals surface area contributed by atoms with Crippen molar-refractivity contribution in [2.75, 3.05) is 12.8 Å². The summed E-state index contributed by atoms with van der Waals surface area (Å²) >= 11 is 0. The number of benzene rings is 1. The number of nitrogens with one attached hydrogen (secondary N) is 1. The first kappa shape index (κ1) is 11.8. The van der Waals surface area contributed by atoms with E-state index in [0.717, 1.165) is 27.9 Å². The van der Waals surface area contributed by atoms with Gasteiger partial charge in [-0.15, -0.1) is 0 Å². The van der Waals surface area contributed by atoms with Gasteiger partial charge in [0.25, 0.3) is 0 Å². The lowest BCUT2D eigenvalue weighted by Crippen LogP contribution is -1.98. The predicted octanol–water partition coefficient (Wildman–Crippen LogP) is 3.50. The standard InChI is InChI=1S/C14H20N2O/c1-7(2)11-6-10-13(16-11)9(4)8(3)12(15)14(10)17-5/h6-7,16H,15H2,1-5H3. The first-order valence-electron chi connectivity index (χ1n) is 5.92. The Hall–Kier alpha value is -1.64. The van der Waals surface area contributed by atoms with Gasteiger partial charge in [0.05, 0.1) is 18.3 Å². The highest BCUT2D eigenvalue weighted by Crippen LogP contribution is 2.38. The summed E-state index contributed by atoms with van der Waals surface area (Å²) in [7, 11) is 1.67. The highest BCUT2D eigenvalue weighted by Gasteiger charge is 2.16. The van der Waals surface area contributed by atoms with Crippen molar-refractivity contribution in [1.29, 1.82) is 0 Å². The Morgan fingerprint density at radius 3 is 2.41 bits per heavy atom. The maximum Gasteiger partial charge on any atom is 0.151 e. The molecule has 0 radical (unpaired) electrons. The largest absolute Gasteiger partial charge is 0.494 e. The van der Waals surface area contributed by atoms with Crippen LogP contribution in [-0.2, 0) is 0 Å². The second kappa shape index (κ2) is 3.99. The van der Waals surface area contributed by atoms with Crippen LogP contribution in [0.4, 0.5) is 5.69 Å². The van der Waals surface area contributed by atoms with Gasteiger partial charge in [-0.05, 0) is 37.0 Å². The quantitative estimate of drug-likeness (QED) is 0.779. The Kier molecular flexibility index (Phi) is 2.77. The van der Waals surface area contributed by atoms with Gasteiger partial charge in [0.15, 0.2) is 5.75 Å². The van der Waals surface area contributed by atoms with Gasteiger partial charge >= 0.3 is 0 Å². The van der Waals surface area contributed by atoms with Crippen LogP contribution in [0.3, 0.4) is 0 Å². The molecule has 3 N–H and O–H groups in total. The van der Waals surface area contributed by atoms with Gasteiger partial charge in [-0.2, -0.15) is 0 Å². The number of hydrogen-bond donors (Lipinski definition) is 2. The molecule has 3 heteroatoms. The number of fused-ring (bicyclic) bond motifs is 1. The zero-order valence-corrected chi connectivity index (χ0v) is 11.1. The number of H-pyrrole nitrogens is 1. The summed E-state index contributed by atoms with van der Waals surface area (Å²) in [6, 6.07) is 2.14. The van der Waals surface area contributed by atoms with Crippen molar-refractivity contribution in [2.24, 2.45) is 0 Å². The van der Waals surface area contributed by atoms with E-state index in [4.69, 9.17) is 10.5 Å². The topological polar surface area (TPSA) is 51.0 Å². The van der Waals surface area contributed by atoms with Crippen LogP contribution in [0.15, 0.2) is 6.07 Å². The first-order chi connectivity index (χ1) is 7.97. The molecule has 1 aromatic heterocycles. The fourth-order valence-electron chi connectivity index (χ4n) is 2.19. The van der Waals surface area contributed by atoms with Gasteiger partial charge in [-0.1, -0.05) is 13.8 Å². The van der Waals surface area contributed by atoms with Crippen molar-refractivity contribution in [3.8, 4) is 5.75 Å². The Balaban J connectivity index is 2.86. The van der Waals surface area contributed by atoms with E-state index in [-0.39, 0.29) is 0 Å². The number of ether oxygens (including phenoxy) is 1. The van der Waals surface area contributed by atoms with Crippen LogP contribution in [0.25, 0.3) is 10.9 Å². The fourth-order valence-corrected chi connectivity index (χ4v) is 2.19. The number of nitrogen functional groups attached to an aromatic ring is 1. The SMILES string of the molecule is COc1c(N)c(C)c(C)c2[nH]c(C(C)C)cc12. The third kappa shape index (κ3) is 1.66. The molecular weight excluding hydrogens is 212 g/mol. The zero-order chi connectivity index (χ0) is 12.7. The van der Waals surface area contributed by atoms with E-state index in [2.05, 4.69) is 31.8 Å². The van der Waals surface area contributed by atoms with E-state index >= 15 is 0 Å². The number of aromatic amines is 1. The lowest BCUT2D eigenvalue weighted by atomic mass is 10.0. The normalized spacial score (nSPS) is 11.4. The van der Waals surface area contributed by atoms with E-state index in [1.807, 2.05) is 6.92 Å². The average Bonchev–Trinajstić information content (AvgIpc) is 2.72. The van der Waals surface area contributed by atoms with E-state index < -0.39 is 0 Å². The van der Waals surface area contributed by atoms with Gasteiger partial charge in [0.2, 0.25) is 0 Å². The van der Waals surface area contributed by atoms with Crippen molar-refractivity contribution in [3.63, 3.8) is 0 Å². The van der Waals surface area contributed by atoms with Crippen LogP contribution in [0.5, 0.6) is 5.75 Å². The van der Waals surface area contributed by atoms with Gasteiger partial charge in [-0.25, -0.2) is 0 Å². The number of anilines is 1. The molecule has 1 aromatic carbocycles. The molecule has 0 amide bonds. The van der Waals surface area contributed by atoms with Crippen LogP contribution in [0.2, 0.25) is 0 Å². The van der Waals surface area contributed by atoms with E-state index in [1.54, 1.807) is 7.11 Å². The molecule has 0 aliphatic rings. The van der Waals surface area contributed by atoms with Crippen LogP contribution < -0.4 is 10.5 Å².